The predicted molar refractivity (Wildman–Crippen MR) is 180 cm³/mol. The number of amides is 1. The number of piperazine rings is 1. The Bertz CT molecular complexity index is 1980. The molecule has 1 aliphatic heterocycles. The summed E-state index contributed by atoms with van der Waals surface area (Å²) in [6.45, 7) is 6.81. The molecule has 0 radical (unpaired) electrons. The zero-order valence-electron chi connectivity index (χ0n) is 26.5. The van der Waals surface area contributed by atoms with Crippen molar-refractivity contribution in [2.24, 2.45) is 5.41 Å². The van der Waals surface area contributed by atoms with Crippen molar-refractivity contribution in [1.82, 2.24) is 19.9 Å². The van der Waals surface area contributed by atoms with Crippen LogP contribution in [0.25, 0.3) is 21.8 Å². The number of nitrogens with zero attached hydrogens (tertiary/aromatic N) is 5. The molecule has 0 bridgehead atoms. The first-order valence-corrected chi connectivity index (χ1v) is 15.8. The Morgan fingerprint density at radius 1 is 1.04 bits per heavy atom. The highest BCUT2D eigenvalue weighted by molar-refractivity contribution is 6.28. The van der Waals surface area contributed by atoms with Gasteiger partial charge in [0.05, 0.1) is 29.5 Å². The second kappa shape index (κ2) is 13.3. The van der Waals surface area contributed by atoms with E-state index in [1.165, 1.54) is 0 Å². The smallest absolute Gasteiger partial charge is 0.410 e. The number of aromatic nitrogens is 3. The van der Waals surface area contributed by atoms with E-state index >= 15 is 0 Å². The van der Waals surface area contributed by atoms with Crippen LogP contribution in [-0.2, 0) is 22.6 Å². The minimum atomic E-state index is -0.646. The molecule has 1 saturated heterocycles. The molecule has 240 valence electrons. The van der Waals surface area contributed by atoms with E-state index in [1.807, 2.05) is 98.6 Å². The summed E-state index contributed by atoms with van der Waals surface area (Å²) in [5.74, 6) is 0.772. The van der Waals surface area contributed by atoms with Crippen molar-refractivity contribution in [3.8, 4) is 11.8 Å². The lowest BCUT2D eigenvalue weighted by Crippen LogP contribution is -2.55. The van der Waals surface area contributed by atoms with Gasteiger partial charge in [-0.2, -0.15) is 10.2 Å². The van der Waals surface area contributed by atoms with Gasteiger partial charge in [-0.1, -0.05) is 54.6 Å². The Morgan fingerprint density at radius 2 is 1.81 bits per heavy atom. The molecule has 0 aliphatic carbocycles. The second-order valence-electron chi connectivity index (χ2n) is 12.7. The fourth-order valence-electron chi connectivity index (χ4n) is 5.78. The molecular formula is C36H35ClN6O4. The summed E-state index contributed by atoms with van der Waals surface area (Å²) in [6.07, 6.45) is 2.07. The average molecular weight is 651 g/mol. The summed E-state index contributed by atoms with van der Waals surface area (Å²) in [5, 5.41) is 11.7. The van der Waals surface area contributed by atoms with E-state index in [2.05, 4.69) is 21.0 Å². The summed E-state index contributed by atoms with van der Waals surface area (Å²) in [4.78, 5) is 41.9. The summed E-state index contributed by atoms with van der Waals surface area (Å²) >= 11 is 6.51. The van der Waals surface area contributed by atoms with E-state index in [1.54, 1.807) is 4.90 Å². The molecule has 0 spiro atoms. The second-order valence-corrected chi connectivity index (χ2v) is 13.0. The number of nitrogens with one attached hydrogen (secondary N) is 1. The number of halogens is 1. The van der Waals surface area contributed by atoms with Crippen LogP contribution in [0.2, 0.25) is 5.28 Å². The summed E-state index contributed by atoms with van der Waals surface area (Å²) in [5.41, 5.74) is 3.48. The van der Waals surface area contributed by atoms with E-state index in [0.29, 0.717) is 48.7 Å². The lowest BCUT2D eigenvalue weighted by molar-refractivity contribution is -0.142. The number of benzene rings is 3. The minimum absolute atomic E-state index is 0.0904. The topological polar surface area (TPSA) is 124 Å². The molecule has 1 amide bonds. The number of fused-ring (bicyclic) bond motifs is 2. The van der Waals surface area contributed by atoms with Crippen molar-refractivity contribution in [1.29, 1.82) is 5.26 Å². The molecule has 11 heteroatoms. The molecule has 10 nitrogen and oxygen atoms in total. The number of esters is 1. The van der Waals surface area contributed by atoms with Crippen LogP contribution < -0.4 is 9.64 Å². The minimum Gasteiger partial charge on any atom is -0.445 e. The van der Waals surface area contributed by atoms with Crippen molar-refractivity contribution < 1.29 is 19.1 Å². The highest BCUT2D eigenvalue weighted by atomic mass is 35.5. The highest BCUT2D eigenvalue weighted by Crippen LogP contribution is 2.33. The van der Waals surface area contributed by atoms with Crippen LogP contribution in [0.3, 0.4) is 0 Å². The maximum Gasteiger partial charge on any atom is 0.410 e. The quantitative estimate of drug-likeness (QED) is 0.113. The van der Waals surface area contributed by atoms with Crippen LogP contribution in [0.4, 0.5) is 10.6 Å². The maximum atomic E-state index is 13.1. The SMILES string of the molecule is CC(C)(C)C(=O)Oc1cc(Cc2c[nH]c3c(N4CCN(C(=O)OCc5ccccc5)[C@@H](CC#N)C4)nc(Cl)nc23)c2ccccc2c1. The molecule has 3 heterocycles. The number of carbonyl (C=O) groups excluding carboxylic acids is 2. The van der Waals surface area contributed by atoms with Crippen molar-refractivity contribution in [3.63, 3.8) is 0 Å². The first-order valence-electron chi connectivity index (χ1n) is 15.5. The van der Waals surface area contributed by atoms with Crippen molar-refractivity contribution >= 4 is 51.3 Å². The first-order chi connectivity index (χ1) is 22.6. The van der Waals surface area contributed by atoms with Gasteiger partial charge in [0.1, 0.15) is 17.9 Å². The molecule has 1 aliphatic rings. The van der Waals surface area contributed by atoms with E-state index in [-0.39, 0.29) is 24.3 Å². The first kappa shape index (κ1) is 31.8. The standard InChI is InChI=1S/C36H35ClN6O4/c1-36(2,3)33(44)47-28-18-24-11-7-8-12-29(24)25(19-28)17-26-20-39-31-30(26)40-34(37)41-32(31)42-15-16-43(27(21-42)13-14-38)35(45)46-22-23-9-5-4-6-10-23/h4-12,18-20,27,39H,13,15-17,21-22H2,1-3H3/t27-/m0/s1. The highest BCUT2D eigenvalue weighted by Gasteiger charge is 2.33. The van der Waals surface area contributed by atoms with Crippen molar-refractivity contribution in [2.45, 2.75) is 46.3 Å². The van der Waals surface area contributed by atoms with E-state index in [0.717, 1.165) is 27.5 Å². The van der Waals surface area contributed by atoms with Gasteiger partial charge < -0.3 is 24.3 Å². The number of ether oxygens (including phenoxy) is 2. The molecule has 1 N–H and O–H groups in total. The average Bonchev–Trinajstić information content (AvgIpc) is 3.45. The third kappa shape index (κ3) is 7.00. The van der Waals surface area contributed by atoms with Gasteiger partial charge in [0.2, 0.25) is 5.28 Å². The van der Waals surface area contributed by atoms with Gasteiger partial charge in [-0.05, 0) is 66.4 Å². The van der Waals surface area contributed by atoms with Crippen LogP contribution in [0, 0.1) is 16.7 Å². The third-order valence-corrected chi connectivity index (χ3v) is 8.40. The largest absolute Gasteiger partial charge is 0.445 e. The molecular weight excluding hydrogens is 616 g/mol. The number of hydrogen-bond acceptors (Lipinski definition) is 8. The normalized spacial score (nSPS) is 15.1. The lowest BCUT2D eigenvalue weighted by Gasteiger charge is -2.40. The molecule has 6 rings (SSSR count). The van der Waals surface area contributed by atoms with Crippen LogP contribution in [0.15, 0.2) is 72.9 Å². The van der Waals surface area contributed by atoms with Crippen molar-refractivity contribution in [3.05, 3.63) is 94.9 Å². The summed E-state index contributed by atoms with van der Waals surface area (Å²) in [6, 6.07) is 23.0. The van der Waals surface area contributed by atoms with Crippen LogP contribution in [0.1, 0.15) is 43.9 Å². The summed E-state index contributed by atoms with van der Waals surface area (Å²) in [7, 11) is 0. The number of hydrogen-bond donors (Lipinski definition) is 1. The predicted octanol–water partition coefficient (Wildman–Crippen LogP) is 7.05. The maximum absolute atomic E-state index is 13.1. The zero-order valence-corrected chi connectivity index (χ0v) is 27.3. The zero-order chi connectivity index (χ0) is 33.1. The third-order valence-electron chi connectivity index (χ3n) is 8.23. The molecule has 3 aromatic carbocycles. The Balaban J connectivity index is 1.26. The molecule has 1 atom stereocenters. The van der Waals surface area contributed by atoms with E-state index in [9.17, 15) is 14.9 Å². The Labute approximate surface area is 277 Å². The van der Waals surface area contributed by atoms with Gasteiger partial charge in [0.15, 0.2) is 5.82 Å². The lowest BCUT2D eigenvalue weighted by atomic mass is 9.97. The van der Waals surface area contributed by atoms with Gasteiger partial charge in [-0.3, -0.25) is 4.79 Å². The number of rotatable bonds is 7. The van der Waals surface area contributed by atoms with Gasteiger partial charge in [-0.25, -0.2) is 9.78 Å². The van der Waals surface area contributed by atoms with E-state index in [4.69, 9.17) is 21.1 Å². The summed E-state index contributed by atoms with van der Waals surface area (Å²) < 4.78 is 11.4. The Kier molecular flexibility index (Phi) is 9.01. The number of nitriles is 1. The number of H-pyrrole nitrogens is 1. The Hall–Kier alpha value is -5.14. The van der Waals surface area contributed by atoms with Gasteiger partial charge in [-0.15, -0.1) is 0 Å². The number of carbonyl (C=O) groups is 2. The molecule has 5 aromatic rings. The van der Waals surface area contributed by atoms with Crippen molar-refractivity contribution in [2.75, 3.05) is 24.5 Å². The monoisotopic (exact) mass is 650 g/mol. The van der Waals surface area contributed by atoms with Crippen LogP contribution >= 0.6 is 11.6 Å². The van der Waals surface area contributed by atoms with Crippen LogP contribution in [0.5, 0.6) is 5.75 Å². The van der Waals surface area contributed by atoms with E-state index < -0.39 is 17.6 Å². The number of anilines is 1. The Morgan fingerprint density at radius 3 is 2.57 bits per heavy atom. The fourth-order valence-corrected chi connectivity index (χ4v) is 5.94. The molecule has 2 aromatic heterocycles. The molecule has 0 saturated carbocycles. The van der Waals surface area contributed by atoms with Crippen LogP contribution in [-0.4, -0.2) is 57.6 Å². The molecule has 1 fully saturated rings. The molecule has 47 heavy (non-hydrogen) atoms. The fraction of sp³-hybridized carbons (Fsp3) is 0.306. The molecule has 0 unspecified atom stereocenters. The van der Waals surface area contributed by atoms with Gasteiger partial charge in [0.25, 0.3) is 0 Å². The van der Waals surface area contributed by atoms with Gasteiger partial charge >= 0.3 is 12.1 Å². The van der Waals surface area contributed by atoms with Gasteiger partial charge in [0, 0.05) is 37.8 Å². The number of aromatic amines is 1.